The lowest BCUT2D eigenvalue weighted by molar-refractivity contribution is -0.136. The minimum absolute atomic E-state index is 0.0553. The second-order valence-electron chi connectivity index (χ2n) is 11.4. The van der Waals surface area contributed by atoms with Crippen LogP contribution in [0.5, 0.6) is 0 Å². The van der Waals surface area contributed by atoms with Crippen LogP contribution in [-0.2, 0) is 16.1 Å². The lowest BCUT2D eigenvalue weighted by Crippen LogP contribution is -2.52. The highest BCUT2D eigenvalue weighted by Crippen LogP contribution is 2.43. The van der Waals surface area contributed by atoms with Gasteiger partial charge in [0.05, 0.1) is 0 Å². The summed E-state index contributed by atoms with van der Waals surface area (Å²) < 4.78 is 24.9. The average molecular weight is 517 g/mol. The molecule has 1 aromatic rings. The van der Waals surface area contributed by atoms with E-state index in [1.165, 1.54) is 19.3 Å². The van der Waals surface area contributed by atoms with Gasteiger partial charge in [-0.3, -0.25) is 19.7 Å². The van der Waals surface area contributed by atoms with Gasteiger partial charge in [0.25, 0.3) is 5.91 Å². The number of halogens is 2. The molecule has 37 heavy (non-hydrogen) atoms. The zero-order valence-corrected chi connectivity index (χ0v) is 21.4. The molecule has 2 saturated carbocycles. The van der Waals surface area contributed by atoms with Gasteiger partial charge in [-0.25, -0.2) is 8.78 Å². The van der Waals surface area contributed by atoms with Crippen molar-refractivity contribution in [1.29, 1.82) is 0 Å². The Balaban J connectivity index is 1.27. The maximum absolute atomic E-state index is 13.3. The number of benzene rings is 1. The minimum Gasteiger partial charge on any atom is -0.379 e. The maximum Gasteiger partial charge on any atom is 0.255 e. The Morgan fingerprint density at radius 2 is 1.86 bits per heavy atom. The van der Waals surface area contributed by atoms with Crippen LogP contribution in [0.25, 0.3) is 0 Å². The van der Waals surface area contributed by atoms with Gasteiger partial charge in [-0.1, -0.05) is 18.9 Å². The van der Waals surface area contributed by atoms with E-state index in [9.17, 15) is 23.2 Å². The van der Waals surface area contributed by atoms with Crippen LogP contribution < -0.4 is 16.0 Å². The van der Waals surface area contributed by atoms with Crippen molar-refractivity contribution in [3.05, 3.63) is 29.3 Å². The van der Waals surface area contributed by atoms with Crippen molar-refractivity contribution in [1.82, 2.24) is 15.5 Å². The number of fused-ring (bicyclic) bond motifs is 1. The van der Waals surface area contributed by atoms with Gasteiger partial charge in [0.2, 0.25) is 18.2 Å². The highest BCUT2D eigenvalue weighted by Gasteiger charge is 2.42. The molecule has 0 bridgehead atoms. The quantitative estimate of drug-likeness (QED) is 0.300. The normalized spacial score (nSPS) is 28.0. The Morgan fingerprint density at radius 1 is 1.08 bits per heavy atom. The molecule has 7 nitrogen and oxygen atoms in total. The molecule has 0 spiro atoms. The van der Waals surface area contributed by atoms with Crippen molar-refractivity contribution in [3.63, 3.8) is 0 Å². The number of anilines is 1. The number of nitrogens with one attached hydrogen (secondary N) is 3. The maximum atomic E-state index is 13.3. The Labute approximate surface area is 217 Å². The third-order valence-corrected chi connectivity index (χ3v) is 8.68. The number of carbonyl (C=O) groups is 3. The molecule has 1 atom stereocenters. The fraction of sp³-hybridized carbons (Fsp3) is 0.679. The highest BCUT2D eigenvalue weighted by atomic mass is 19.3. The molecular weight excluding hydrogens is 478 g/mol. The van der Waals surface area contributed by atoms with Gasteiger partial charge in [-0.15, -0.1) is 0 Å². The van der Waals surface area contributed by atoms with Crippen molar-refractivity contribution in [3.8, 4) is 0 Å². The second-order valence-corrected chi connectivity index (χ2v) is 11.4. The monoisotopic (exact) mass is 516 g/mol. The van der Waals surface area contributed by atoms with Gasteiger partial charge in [0, 0.05) is 47.8 Å². The summed E-state index contributed by atoms with van der Waals surface area (Å²) >= 11 is 0. The van der Waals surface area contributed by atoms with Gasteiger partial charge in [-0.2, -0.15) is 0 Å². The first-order chi connectivity index (χ1) is 17.8. The summed E-state index contributed by atoms with van der Waals surface area (Å²) in [5.41, 5.74) is 2.45. The molecule has 3 N–H and O–H groups in total. The molecular formula is C28H38F2N4O3. The summed E-state index contributed by atoms with van der Waals surface area (Å²) in [4.78, 5) is 38.9. The molecule has 9 heteroatoms. The smallest absolute Gasteiger partial charge is 0.255 e. The lowest BCUT2D eigenvalue weighted by Gasteiger charge is -2.43. The van der Waals surface area contributed by atoms with Gasteiger partial charge < -0.3 is 15.5 Å². The predicted molar refractivity (Wildman–Crippen MR) is 136 cm³/mol. The number of imide groups is 1. The molecule has 2 heterocycles. The molecule has 3 fully saturated rings. The second kappa shape index (κ2) is 11.1. The number of piperidine rings is 1. The molecule has 1 unspecified atom stereocenters. The Kier molecular flexibility index (Phi) is 7.79. The van der Waals surface area contributed by atoms with E-state index < -0.39 is 18.4 Å². The van der Waals surface area contributed by atoms with Gasteiger partial charge in [0.1, 0.15) is 6.04 Å². The van der Waals surface area contributed by atoms with E-state index in [1.807, 2.05) is 18.2 Å². The number of carbonyl (C=O) groups excluding carboxylic acids is 3. The molecule has 2 aliphatic heterocycles. The van der Waals surface area contributed by atoms with E-state index in [4.69, 9.17) is 0 Å². The molecule has 1 aromatic carbocycles. The fourth-order valence-corrected chi connectivity index (χ4v) is 6.25. The summed E-state index contributed by atoms with van der Waals surface area (Å²) in [6.07, 6.45) is 7.62. The highest BCUT2D eigenvalue weighted by molar-refractivity contribution is 6.06. The average Bonchev–Trinajstić information content (AvgIpc) is 3.65. The third-order valence-electron chi connectivity index (χ3n) is 8.68. The largest absolute Gasteiger partial charge is 0.379 e. The summed E-state index contributed by atoms with van der Waals surface area (Å²) in [5, 5.41) is 9.73. The van der Waals surface area contributed by atoms with Crippen molar-refractivity contribution < 1.29 is 23.2 Å². The number of amides is 3. The number of rotatable bonds is 11. The predicted octanol–water partition coefficient (Wildman–Crippen LogP) is 4.37. The molecule has 5 rings (SSSR count). The molecule has 0 radical (unpaired) electrons. The Hall–Kier alpha value is -2.55. The summed E-state index contributed by atoms with van der Waals surface area (Å²) in [7, 11) is 0. The molecule has 202 valence electrons. The standard InChI is InChI=1S/C28H38F2N4O3/c29-24(30)5-2-16-31-19-11-14-28(15-12-19,13-10-18-6-7-18)33-22-4-1-3-20-21(22)17-34(27(20)37)23-8-9-25(35)32-26(23)36/h1,3-4,18-19,23-24,31,33H,2,5-17H2,(H,32,35,36). The van der Waals surface area contributed by atoms with Crippen molar-refractivity contribution in [2.75, 3.05) is 11.9 Å². The van der Waals surface area contributed by atoms with E-state index in [1.54, 1.807) is 4.90 Å². The van der Waals surface area contributed by atoms with Crippen molar-refractivity contribution in [2.45, 2.75) is 108 Å². The topological polar surface area (TPSA) is 90.5 Å². The van der Waals surface area contributed by atoms with Crippen LogP contribution in [0.2, 0.25) is 0 Å². The Morgan fingerprint density at radius 3 is 2.57 bits per heavy atom. The number of alkyl halides is 2. The number of hydrogen-bond acceptors (Lipinski definition) is 5. The minimum atomic E-state index is -2.24. The zero-order chi connectivity index (χ0) is 26.0. The summed E-state index contributed by atoms with van der Waals surface area (Å²) in [6.45, 7) is 0.985. The molecule has 4 aliphatic rings. The first-order valence-corrected chi connectivity index (χ1v) is 13.9. The van der Waals surface area contributed by atoms with Gasteiger partial charge in [0.15, 0.2) is 0 Å². The first-order valence-electron chi connectivity index (χ1n) is 13.9. The summed E-state index contributed by atoms with van der Waals surface area (Å²) in [6, 6.07) is 5.48. The van der Waals surface area contributed by atoms with E-state index in [0.717, 1.165) is 49.3 Å². The Bertz CT molecular complexity index is 1020. The lowest BCUT2D eigenvalue weighted by atomic mass is 9.75. The summed E-state index contributed by atoms with van der Waals surface area (Å²) in [5.74, 6) is -0.0245. The van der Waals surface area contributed by atoms with E-state index in [0.29, 0.717) is 37.5 Å². The van der Waals surface area contributed by atoms with Crippen LogP contribution >= 0.6 is 0 Å². The first kappa shape index (κ1) is 26.1. The van der Waals surface area contributed by atoms with Crippen LogP contribution in [0.3, 0.4) is 0 Å². The molecule has 0 aromatic heterocycles. The van der Waals surface area contributed by atoms with E-state index in [-0.39, 0.29) is 30.2 Å². The zero-order valence-electron chi connectivity index (χ0n) is 21.4. The van der Waals surface area contributed by atoms with Gasteiger partial charge >= 0.3 is 0 Å². The molecule has 3 amide bonds. The fourth-order valence-electron chi connectivity index (χ4n) is 6.25. The van der Waals surface area contributed by atoms with E-state index >= 15 is 0 Å². The third kappa shape index (κ3) is 6.13. The van der Waals surface area contributed by atoms with Crippen LogP contribution in [-0.4, -0.2) is 53.2 Å². The molecule has 2 aliphatic carbocycles. The van der Waals surface area contributed by atoms with Gasteiger partial charge in [-0.05, 0) is 76.0 Å². The van der Waals surface area contributed by atoms with E-state index in [2.05, 4.69) is 16.0 Å². The SMILES string of the molecule is O=C1CCC(N2Cc3c(NC4(CCC5CC5)CCC(NCCCC(F)F)CC4)cccc3C2=O)C(=O)N1. The van der Waals surface area contributed by atoms with Crippen LogP contribution in [0.1, 0.15) is 93.0 Å². The number of nitrogens with zero attached hydrogens (tertiary/aromatic N) is 1. The van der Waals surface area contributed by atoms with Crippen molar-refractivity contribution in [2.24, 2.45) is 5.92 Å². The van der Waals surface area contributed by atoms with Crippen LogP contribution in [0, 0.1) is 5.92 Å². The van der Waals surface area contributed by atoms with Crippen molar-refractivity contribution >= 4 is 23.4 Å². The molecule has 1 saturated heterocycles. The van der Waals surface area contributed by atoms with Crippen LogP contribution in [0.4, 0.5) is 14.5 Å². The van der Waals surface area contributed by atoms with Crippen LogP contribution in [0.15, 0.2) is 18.2 Å². The number of hydrogen-bond donors (Lipinski definition) is 3.